The van der Waals surface area contributed by atoms with Gasteiger partial charge in [0.05, 0.1) is 0 Å². The number of hydrogen-bond donors (Lipinski definition) is 0. The third-order valence-electron chi connectivity index (χ3n) is 4.23. The molecular formula is C23H22OS. The van der Waals surface area contributed by atoms with Gasteiger partial charge in [-0.05, 0) is 72.5 Å². The number of benzene rings is 3. The third-order valence-corrected chi connectivity index (χ3v) is 5.24. The molecule has 0 saturated heterocycles. The summed E-state index contributed by atoms with van der Waals surface area (Å²) in [5.74, 6) is 0.0984. The van der Waals surface area contributed by atoms with Crippen molar-refractivity contribution in [2.45, 2.75) is 36.5 Å². The second kappa shape index (κ2) is 8.17. The van der Waals surface area contributed by atoms with Crippen LogP contribution < -0.4 is 0 Å². The Kier molecular flexibility index (Phi) is 5.72. The van der Waals surface area contributed by atoms with Crippen LogP contribution in [-0.4, -0.2) is 5.78 Å². The summed E-state index contributed by atoms with van der Waals surface area (Å²) >= 11 is 1.70. The standard InChI is InChI=1S/C23H22OS/c1-3-17-14-18(4-2)16-20(15-17)23(24)19-10-12-22(13-11-19)25-21-8-6-5-7-9-21/h5-16H,3-4H2,1-2H3. The van der Waals surface area contributed by atoms with Gasteiger partial charge in [-0.1, -0.05) is 49.9 Å². The molecule has 0 N–H and O–H groups in total. The number of hydrogen-bond acceptors (Lipinski definition) is 2. The maximum atomic E-state index is 12.8. The van der Waals surface area contributed by atoms with E-state index >= 15 is 0 Å². The van der Waals surface area contributed by atoms with E-state index in [2.05, 4.69) is 32.0 Å². The molecule has 2 heteroatoms. The van der Waals surface area contributed by atoms with Gasteiger partial charge < -0.3 is 0 Å². The van der Waals surface area contributed by atoms with Crippen LogP contribution in [-0.2, 0) is 12.8 Å². The number of carbonyl (C=O) groups is 1. The SMILES string of the molecule is CCc1cc(CC)cc(C(=O)c2ccc(Sc3ccccc3)cc2)c1. The Balaban J connectivity index is 1.81. The molecule has 0 aromatic heterocycles. The zero-order valence-corrected chi connectivity index (χ0v) is 15.5. The second-order valence-corrected chi connectivity index (χ2v) is 7.16. The largest absolute Gasteiger partial charge is 0.289 e. The zero-order valence-electron chi connectivity index (χ0n) is 14.7. The molecular weight excluding hydrogens is 324 g/mol. The van der Waals surface area contributed by atoms with Crippen LogP contribution >= 0.6 is 11.8 Å². The molecule has 0 heterocycles. The van der Waals surface area contributed by atoms with Crippen molar-refractivity contribution in [2.24, 2.45) is 0 Å². The molecule has 0 aliphatic heterocycles. The summed E-state index contributed by atoms with van der Waals surface area (Å²) in [5.41, 5.74) is 3.98. The van der Waals surface area contributed by atoms with Crippen LogP contribution in [0.2, 0.25) is 0 Å². The first-order valence-electron chi connectivity index (χ1n) is 8.70. The maximum Gasteiger partial charge on any atom is 0.193 e. The molecule has 0 aliphatic carbocycles. The van der Waals surface area contributed by atoms with Gasteiger partial charge in [0.15, 0.2) is 5.78 Å². The lowest BCUT2D eigenvalue weighted by molar-refractivity contribution is 0.103. The number of carbonyl (C=O) groups excluding carboxylic acids is 1. The van der Waals surface area contributed by atoms with Crippen LogP contribution in [0.15, 0.2) is 82.6 Å². The summed E-state index contributed by atoms with van der Waals surface area (Å²) in [4.78, 5) is 15.2. The minimum absolute atomic E-state index is 0.0984. The Labute approximate surface area is 154 Å². The van der Waals surface area contributed by atoms with Gasteiger partial charge in [0.2, 0.25) is 0 Å². The normalized spacial score (nSPS) is 10.6. The molecule has 0 amide bonds. The Morgan fingerprint density at radius 3 is 1.84 bits per heavy atom. The number of rotatable bonds is 6. The van der Waals surface area contributed by atoms with Crippen molar-refractivity contribution in [3.63, 3.8) is 0 Å². The molecule has 0 unspecified atom stereocenters. The van der Waals surface area contributed by atoms with Gasteiger partial charge in [-0.15, -0.1) is 0 Å². The van der Waals surface area contributed by atoms with Crippen molar-refractivity contribution in [1.29, 1.82) is 0 Å². The Morgan fingerprint density at radius 1 is 0.720 bits per heavy atom. The molecule has 0 bridgehead atoms. The average Bonchev–Trinajstić information content (AvgIpc) is 2.68. The molecule has 0 radical (unpaired) electrons. The molecule has 3 rings (SSSR count). The van der Waals surface area contributed by atoms with Crippen LogP contribution in [0, 0.1) is 0 Å². The molecule has 0 atom stereocenters. The highest BCUT2D eigenvalue weighted by Gasteiger charge is 2.11. The van der Waals surface area contributed by atoms with E-state index in [1.165, 1.54) is 16.0 Å². The summed E-state index contributed by atoms with van der Waals surface area (Å²) in [6, 6.07) is 24.4. The summed E-state index contributed by atoms with van der Waals surface area (Å²) in [7, 11) is 0. The van der Waals surface area contributed by atoms with E-state index in [4.69, 9.17) is 0 Å². The molecule has 3 aromatic rings. The molecule has 0 aliphatic rings. The Morgan fingerprint density at radius 2 is 1.28 bits per heavy atom. The van der Waals surface area contributed by atoms with E-state index in [1.54, 1.807) is 11.8 Å². The van der Waals surface area contributed by atoms with Gasteiger partial charge in [-0.3, -0.25) is 4.79 Å². The maximum absolute atomic E-state index is 12.8. The first kappa shape index (κ1) is 17.5. The molecule has 0 saturated carbocycles. The first-order valence-corrected chi connectivity index (χ1v) is 9.51. The fourth-order valence-electron chi connectivity index (χ4n) is 2.77. The smallest absolute Gasteiger partial charge is 0.193 e. The van der Waals surface area contributed by atoms with Gasteiger partial charge in [0, 0.05) is 20.9 Å². The van der Waals surface area contributed by atoms with Crippen molar-refractivity contribution in [3.8, 4) is 0 Å². The van der Waals surface area contributed by atoms with Crippen molar-refractivity contribution < 1.29 is 4.79 Å². The van der Waals surface area contributed by atoms with Gasteiger partial charge in [0.1, 0.15) is 0 Å². The molecule has 126 valence electrons. The summed E-state index contributed by atoms with van der Waals surface area (Å²) in [6.07, 6.45) is 1.89. The van der Waals surface area contributed by atoms with Crippen LogP contribution in [0.3, 0.4) is 0 Å². The van der Waals surface area contributed by atoms with Gasteiger partial charge in [-0.25, -0.2) is 0 Å². The van der Waals surface area contributed by atoms with E-state index in [-0.39, 0.29) is 5.78 Å². The molecule has 1 nitrogen and oxygen atoms in total. The van der Waals surface area contributed by atoms with E-state index in [9.17, 15) is 4.79 Å². The highest BCUT2D eigenvalue weighted by molar-refractivity contribution is 7.99. The minimum Gasteiger partial charge on any atom is -0.289 e. The molecule has 25 heavy (non-hydrogen) atoms. The monoisotopic (exact) mass is 346 g/mol. The number of aryl methyl sites for hydroxylation is 2. The third kappa shape index (κ3) is 4.40. The second-order valence-electron chi connectivity index (χ2n) is 6.01. The lowest BCUT2D eigenvalue weighted by Crippen LogP contribution is -2.03. The Bertz CT molecular complexity index is 829. The lowest BCUT2D eigenvalue weighted by Gasteiger charge is -2.08. The van der Waals surface area contributed by atoms with Crippen molar-refractivity contribution in [3.05, 3.63) is 95.1 Å². The fourth-order valence-corrected chi connectivity index (χ4v) is 3.61. The topological polar surface area (TPSA) is 17.1 Å². The molecule has 0 spiro atoms. The fraction of sp³-hybridized carbons (Fsp3) is 0.174. The molecule has 0 fully saturated rings. The number of ketones is 1. The molecule has 3 aromatic carbocycles. The highest BCUT2D eigenvalue weighted by atomic mass is 32.2. The quantitative estimate of drug-likeness (QED) is 0.495. The predicted octanol–water partition coefficient (Wildman–Crippen LogP) is 6.19. The van der Waals surface area contributed by atoms with Crippen molar-refractivity contribution in [2.75, 3.05) is 0 Å². The van der Waals surface area contributed by atoms with Crippen molar-refractivity contribution >= 4 is 17.5 Å². The van der Waals surface area contributed by atoms with Gasteiger partial charge >= 0.3 is 0 Å². The van der Waals surface area contributed by atoms with E-state index in [0.29, 0.717) is 0 Å². The van der Waals surface area contributed by atoms with Crippen LogP contribution in [0.1, 0.15) is 40.9 Å². The van der Waals surface area contributed by atoms with Crippen LogP contribution in [0.4, 0.5) is 0 Å². The van der Waals surface area contributed by atoms with E-state index in [1.807, 2.05) is 54.6 Å². The van der Waals surface area contributed by atoms with Gasteiger partial charge in [0.25, 0.3) is 0 Å². The van der Waals surface area contributed by atoms with Crippen LogP contribution in [0.5, 0.6) is 0 Å². The summed E-state index contributed by atoms with van der Waals surface area (Å²) < 4.78 is 0. The summed E-state index contributed by atoms with van der Waals surface area (Å²) in [6.45, 7) is 4.25. The summed E-state index contributed by atoms with van der Waals surface area (Å²) in [5, 5.41) is 0. The highest BCUT2D eigenvalue weighted by Crippen LogP contribution is 2.27. The first-order chi connectivity index (χ1) is 12.2. The van der Waals surface area contributed by atoms with Gasteiger partial charge in [-0.2, -0.15) is 0 Å². The zero-order chi connectivity index (χ0) is 17.6. The predicted molar refractivity (Wildman–Crippen MR) is 106 cm³/mol. The Hall–Kier alpha value is -2.32. The minimum atomic E-state index is 0.0984. The van der Waals surface area contributed by atoms with Crippen molar-refractivity contribution in [1.82, 2.24) is 0 Å². The lowest BCUT2D eigenvalue weighted by atomic mass is 9.97. The van der Waals surface area contributed by atoms with Crippen LogP contribution in [0.25, 0.3) is 0 Å². The average molecular weight is 346 g/mol. The van der Waals surface area contributed by atoms with E-state index in [0.717, 1.165) is 28.9 Å². The van der Waals surface area contributed by atoms with E-state index < -0.39 is 0 Å².